The van der Waals surface area contributed by atoms with E-state index in [4.69, 9.17) is 14.9 Å². The van der Waals surface area contributed by atoms with Crippen LogP contribution >= 0.6 is 0 Å². The molecular weight excluding hydrogens is 262 g/mol. The lowest BCUT2D eigenvalue weighted by molar-refractivity contribution is -0.143. The molecule has 0 bridgehead atoms. The van der Waals surface area contributed by atoms with Crippen molar-refractivity contribution in [2.75, 3.05) is 26.8 Å². The molecule has 0 aromatic heterocycles. The summed E-state index contributed by atoms with van der Waals surface area (Å²) in [4.78, 5) is 23.2. The zero-order valence-corrected chi connectivity index (χ0v) is 11.4. The number of aliphatic carboxylic acids is 2. The van der Waals surface area contributed by atoms with Crippen molar-refractivity contribution < 1.29 is 24.5 Å². The van der Waals surface area contributed by atoms with Crippen LogP contribution in [0.1, 0.15) is 5.56 Å². The lowest BCUT2D eigenvalue weighted by Crippen LogP contribution is -2.45. The van der Waals surface area contributed by atoms with E-state index in [9.17, 15) is 9.59 Å². The van der Waals surface area contributed by atoms with Crippen molar-refractivity contribution in [3.05, 3.63) is 35.9 Å². The molecule has 1 aromatic rings. The van der Waals surface area contributed by atoms with Crippen molar-refractivity contribution >= 4 is 11.9 Å². The molecule has 0 saturated carbocycles. The van der Waals surface area contributed by atoms with Crippen LogP contribution in [-0.2, 0) is 20.7 Å². The Balaban J connectivity index is 2.82. The van der Waals surface area contributed by atoms with Crippen LogP contribution in [0.15, 0.2) is 30.3 Å². The van der Waals surface area contributed by atoms with E-state index >= 15 is 0 Å². The van der Waals surface area contributed by atoms with E-state index in [0.717, 1.165) is 5.56 Å². The van der Waals surface area contributed by atoms with E-state index in [2.05, 4.69) is 0 Å². The van der Waals surface area contributed by atoms with Crippen LogP contribution in [0.3, 0.4) is 0 Å². The van der Waals surface area contributed by atoms with Gasteiger partial charge in [0.2, 0.25) is 0 Å². The second-order valence-corrected chi connectivity index (χ2v) is 4.49. The molecule has 2 N–H and O–H groups in total. The zero-order chi connectivity index (χ0) is 15.0. The number of nitrogens with zero attached hydrogens (tertiary/aromatic N) is 1. The van der Waals surface area contributed by atoms with E-state index in [1.54, 1.807) is 0 Å². The quantitative estimate of drug-likeness (QED) is 0.693. The summed E-state index contributed by atoms with van der Waals surface area (Å²) in [6.07, 6.45) is 0.537. The minimum absolute atomic E-state index is 0.273. The Hall–Kier alpha value is -1.92. The van der Waals surface area contributed by atoms with Gasteiger partial charge in [0, 0.05) is 13.2 Å². The van der Waals surface area contributed by atoms with Gasteiger partial charge in [-0.25, -0.2) is 0 Å². The minimum Gasteiger partial charge on any atom is -0.480 e. The van der Waals surface area contributed by atoms with Crippen molar-refractivity contribution in [3.8, 4) is 0 Å². The third kappa shape index (κ3) is 5.81. The van der Waals surface area contributed by atoms with Crippen LogP contribution in [0.5, 0.6) is 0 Å². The summed E-state index contributed by atoms with van der Waals surface area (Å²) in [5.41, 5.74) is 1.01. The Bertz CT molecular complexity index is 418. The number of benzene rings is 1. The fraction of sp³-hybridized carbons (Fsp3) is 0.429. The summed E-state index contributed by atoms with van der Waals surface area (Å²) in [6, 6.07) is 9.21. The molecule has 20 heavy (non-hydrogen) atoms. The Morgan fingerprint density at radius 2 is 1.70 bits per heavy atom. The molecule has 6 nitrogen and oxygen atoms in total. The summed E-state index contributed by atoms with van der Waals surface area (Å²) in [5, 5.41) is 17.8. The van der Waals surface area contributed by atoms with Crippen molar-refractivity contribution in [2.45, 2.75) is 12.5 Å². The van der Waals surface area contributed by atoms with Crippen LogP contribution < -0.4 is 0 Å². The predicted molar refractivity (Wildman–Crippen MR) is 72.7 cm³/mol. The molecule has 1 rings (SSSR count). The Morgan fingerprint density at radius 1 is 1.15 bits per heavy atom. The van der Waals surface area contributed by atoms with Gasteiger partial charge in [-0.2, -0.15) is 0 Å². The fourth-order valence-electron chi connectivity index (χ4n) is 2.03. The van der Waals surface area contributed by atoms with Gasteiger partial charge in [-0.3, -0.25) is 14.5 Å². The van der Waals surface area contributed by atoms with Crippen molar-refractivity contribution in [1.82, 2.24) is 4.90 Å². The normalized spacial score (nSPS) is 12.3. The molecule has 110 valence electrons. The maximum atomic E-state index is 10.9. The summed E-state index contributed by atoms with van der Waals surface area (Å²) in [6.45, 7) is -0.379. The first-order valence-electron chi connectivity index (χ1n) is 6.23. The van der Waals surface area contributed by atoms with Gasteiger partial charge in [-0.15, -0.1) is 0 Å². The number of rotatable bonds is 9. The number of hydrogen-bond donors (Lipinski definition) is 2. The molecule has 0 heterocycles. The van der Waals surface area contributed by atoms with E-state index < -0.39 is 11.9 Å². The Labute approximate surface area is 117 Å². The molecule has 1 atom stereocenters. The summed E-state index contributed by atoms with van der Waals surface area (Å²) in [7, 11) is 1.51. The van der Waals surface area contributed by atoms with Gasteiger partial charge in [0.25, 0.3) is 0 Å². The molecule has 0 amide bonds. The zero-order valence-electron chi connectivity index (χ0n) is 11.4. The highest BCUT2D eigenvalue weighted by molar-refractivity contribution is 5.72. The third-order valence-corrected chi connectivity index (χ3v) is 2.87. The summed E-state index contributed by atoms with van der Waals surface area (Å²) < 4.78 is 5.09. The second kappa shape index (κ2) is 8.29. The molecule has 0 radical (unpaired) electrons. The molecule has 0 saturated heterocycles. The average Bonchev–Trinajstić information content (AvgIpc) is 2.37. The van der Waals surface area contributed by atoms with Crippen LogP contribution in [0.2, 0.25) is 0 Å². The van der Waals surface area contributed by atoms with Gasteiger partial charge < -0.3 is 14.9 Å². The minimum atomic E-state index is -1.06. The largest absolute Gasteiger partial charge is 0.480 e. The maximum Gasteiger partial charge on any atom is 0.317 e. The monoisotopic (exact) mass is 281 g/mol. The van der Waals surface area contributed by atoms with Crippen LogP contribution in [0, 0.1) is 0 Å². The lowest BCUT2D eigenvalue weighted by Gasteiger charge is -2.28. The van der Waals surface area contributed by atoms with Gasteiger partial charge in [-0.05, 0) is 12.0 Å². The fourth-order valence-corrected chi connectivity index (χ4v) is 2.03. The van der Waals surface area contributed by atoms with Crippen LogP contribution in [0.4, 0.5) is 0 Å². The van der Waals surface area contributed by atoms with Crippen molar-refractivity contribution in [1.29, 1.82) is 0 Å². The van der Waals surface area contributed by atoms with Crippen LogP contribution in [0.25, 0.3) is 0 Å². The average molecular weight is 281 g/mol. The van der Waals surface area contributed by atoms with Gasteiger partial charge >= 0.3 is 11.9 Å². The van der Waals surface area contributed by atoms with E-state index in [0.29, 0.717) is 6.42 Å². The summed E-state index contributed by atoms with van der Waals surface area (Å²) in [5.74, 6) is -2.11. The number of ether oxygens (including phenoxy) is 1. The number of carboxylic acid groups (broad SMARTS) is 2. The third-order valence-electron chi connectivity index (χ3n) is 2.87. The molecule has 0 unspecified atom stereocenters. The SMILES string of the molecule is COC[C@@H](Cc1ccccc1)N(CC(=O)O)CC(=O)O. The first kappa shape index (κ1) is 16.1. The van der Waals surface area contributed by atoms with Gasteiger partial charge in [0.1, 0.15) is 0 Å². The van der Waals surface area contributed by atoms with E-state index in [1.807, 2.05) is 30.3 Å². The smallest absolute Gasteiger partial charge is 0.317 e. The number of methoxy groups -OCH3 is 1. The Kier molecular flexibility index (Phi) is 6.69. The van der Waals surface area contributed by atoms with Crippen LogP contribution in [-0.4, -0.2) is 59.9 Å². The number of carbonyl (C=O) groups is 2. The molecule has 0 fully saturated rings. The van der Waals surface area contributed by atoms with Gasteiger partial charge in [-0.1, -0.05) is 30.3 Å². The molecule has 6 heteroatoms. The first-order valence-corrected chi connectivity index (χ1v) is 6.23. The molecule has 0 spiro atoms. The van der Waals surface area contributed by atoms with Crippen molar-refractivity contribution in [2.24, 2.45) is 0 Å². The van der Waals surface area contributed by atoms with Crippen molar-refractivity contribution in [3.63, 3.8) is 0 Å². The molecule has 0 aliphatic rings. The highest BCUT2D eigenvalue weighted by atomic mass is 16.5. The molecule has 0 aliphatic heterocycles. The van der Waals surface area contributed by atoms with Gasteiger partial charge in [0.15, 0.2) is 0 Å². The maximum absolute atomic E-state index is 10.9. The first-order chi connectivity index (χ1) is 9.52. The molecule has 0 aliphatic carbocycles. The van der Waals surface area contributed by atoms with Gasteiger partial charge in [0.05, 0.1) is 19.7 Å². The van der Waals surface area contributed by atoms with E-state index in [-0.39, 0.29) is 25.7 Å². The number of carboxylic acids is 2. The molecule has 1 aromatic carbocycles. The number of hydrogen-bond acceptors (Lipinski definition) is 4. The topological polar surface area (TPSA) is 87.1 Å². The summed E-state index contributed by atoms with van der Waals surface area (Å²) >= 11 is 0. The highest BCUT2D eigenvalue weighted by Crippen LogP contribution is 2.10. The predicted octanol–water partition coefficient (Wildman–Crippen LogP) is 0.715. The standard InChI is InChI=1S/C14H19NO5/c1-20-10-12(7-11-5-3-2-4-6-11)15(8-13(16)17)9-14(18)19/h2-6,12H,7-10H2,1H3,(H,16,17)(H,18,19)/t12-/m1/s1. The molecular formula is C14H19NO5. The lowest BCUT2D eigenvalue weighted by atomic mass is 10.0. The van der Waals surface area contributed by atoms with E-state index in [1.165, 1.54) is 12.0 Å². The second-order valence-electron chi connectivity index (χ2n) is 4.49. The highest BCUT2D eigenvalue weighted by Gasteiger charge is 2.23. The Morgan fingerprint density at radius 3 is 2.15 bits per heavy atom.